The maximum atomic E-state index is 4.42. The van der Waals surface area contributed by atoms with E-state index in [0.29, 0.717) is 5.52 Å². The zero-order valence-corrected chi connectivity index (χ0v) is 4.48. The maximum Gasteiger partial charge on any atom is 0.153 e. The number of nitrogens with zero attached hydrogens (tertiary/aromatic N) is 3. The Morgan fingerprint density at radius 3 is 3.00 bits per heavy atom. The number of aromatic nitrogens is 3. The molecule has 0 saturated heterocycles. The maximum absolute atomic E-state index is 4.42. The van der Waals surface area contributed by atoms with E-state index in [1.807, 2.05) is 0 Å². The van der Waals surface area contributed by atoms with Gasteiger partial charge in [0, 0.05) is 6.20 Å². The molecular weight excluding hydrogens is 118 g/mol. The van der Waals surface area contributed by atoms with E-state index in [0.717, 1.165) is 5.52 Å². The normalized spacial score (nSPS) is 10.2. The second-order valence-corrected chi connectivity index (χ2v) is 1.63. The molecule has 2 heterocycles. The summed E-state index contributed by atoms with van der Waals surface area (Å²) in [6.45, 7) is 0. The Bertz CT molecular complexity index is 286. The van der Waals surface area contributed by atoms with Crippen LogP contribution in [0.1, 0.15) is 0 Å². The smallest absolute Gasteiger partial charge is 0.153 e. The molecule has 0 aliphatic heterocycles. The monoisotopic (exact) mass is 121 g/mol. The molecular formula is C5H3N3O. The van der Waals surface area contributed by atoms with Crippen LogP contribution < -0.4 is 0 Å². The molecule has 0 bridgehead atoms. The van der Waals surface area contributed by atoms with E-state index < -0.39 is 0 Å². The van der Waals surface area contributed by atoms with Crippen molar-refractivity contribution in [3.8, 4) is 0 Å². The average Bonchev–Trinajstić information content (AvgIpc) is 2.33. The van der Waals surface area contributed by atoms with Crippen molar-refractivity contribution >= 4 is 11.0 Å². The lowest BCUT2D eigenvalue weighted by Crippen LogP contribution is -1.69. The second-order valence-electron chi connectivity index (χ2n) is 1.63. The van der Waals surface area contributed by atoms with Gasteiger partial charge in [-0.1, -0.05) is 0 Å². The SMILES string of the molecule is c1cc2nonc2cn1. The van der Waals surface area contributed by atoms with Crippen LogP contribution in [-0.4, -0.2) is 15.3 Å². The Morgan fingerprint density at radius 2 is 2.11 bits per heavy atom. The third-order valence-corrected chi connectivity index (χ3v) is 1.06. The zero-order chi connectivity index (χ0) is 6.10. The molecule has 0 fully saturated rings. The lowest BCUT2D eigenvalue weighted by atomic mass is 10.4. The van der Waals surface area contributed by atoms with Crippen molar-refractivity contribution in [3.05, 3.63) is 18.5 Å². The summed E-state index contributed by atoms with van der Waals surface area (Å²) in [6.07, 6.45) is 3.25. The van der Waals surface area contributed by atoms with Gasteiger partial charge in [0.2, 0.25) is 0 Å². The summed E-state index contributed by atoms with van der Waals surface area (Å²) in [5.41, 5.74) is 1.43. The highest BCUT2D eigenvalue weighted by molar-refractivity contribution is 5.70. The van der Waals surface area contributed by atoms with Crippen LogP contribution in [0.2, 0.25) is 0 Å². The Labute approximate surface area is 50.5 Å². The van der Waals surface area contributed by atoms with Gasteiger partial charge in [-0.15, -0.1) is 0 Å². The molecule has 0 unspecified atom stereocenters. The largest absolute Gasteiger partial charge is 0.262 e. The van der Waals surface area contributed by atoms with Gasteiger partial charge in [0.1, 0.15) is 5.52 Å². The third kappa shape index (κ3) is 0.561. The predicted octanol–water partition coefficient (Wildman–Crippen LogP) is 0.618. The van der Waals surface area contributed by atoms with Crippen molar-refractivity contribution in [3.63, 3.8) is 0 Å². The molecule has 0 N–H and O–H groups in total. The van der Waals surface area contributed by atoms with Gasteiger partial charge in [0.15, 0.2) is 5.52 Å². The van der Waals surface area contributed by atoms with Gasteiger partial charge in [0.25, 0.3) is 0 Å². The molecule has 0 atom stereocenters. The minimum absolute atomic E-state index is 0.692. The van der Waals surface area contributed by atoms with Gasteiger partial charge in [0.05, 0.1) is 6.20 Å². The zero-order valence-electron chi connectivity index (χ0n) is 4.48. The van der Waals surface area contributed by atoms with Gasteiger partial charge in [-0.25, -0.2) is 4.63 Å². The first-order valence-corrected chi connectivity index (χ1v) is 2.49. The van der Waals surface area contributed by atoms with Crippen LogP contribution in [0.15, 0.2) is 23.1 Å². The highest BCUT2D eigenvalue weighted by Gasteiger charge is 1.94. The molecule has 0 radical (unpaired) electrons. The van der Waals surface area contributed by atoms with Crippen molar-refractivity contribution in [2.75, 3.05) is 0 Å². The molecule has 4 nitrogen and oxygen atoms in total. The number of pyridine rings is 1. The van der Waals surface area contributed by atoms with E-state index in [4.69, 9.17) is 0 Å². The summed E-state index contributed by atoms with van der Waals surface area (Å²) >= 11 is 0. The van der Waals surface area contributed by atoms with Gasteiger partial charge >= 0.3 is 0 Å². The van der Waals surface area contributed by atoms with Crippen LogP contribution in [0, 0.1) is 0 Å². The Hall–Kier alpha value is -1.45. The van der Waals surface area contributed by atoms with E-state index in [1.54, 1.807) is 18.5 Å². The van der Waals surface area contributed by atoms with Crippen LogP contribution in [0.25, 0.3) is 11.0 Å². The molecule has 0 saturated carbocycles. The fourth-order valence-electron chi connectivity index (χ4n) is 0.635. The van der Waals surface area contributed by atoms with Crippen LogP contribution in [-0.2, 0) is 0 Å². The first-order valence-electron chi connectivity index (χ1n) is 2.49. The lowest BCUT2D eigenvalue weighted by molar-refractivity contribution is 0.315. The molecule has 44 valence electrons. The van der Waals surface area contributed by atoms with Crippen LogP contribution in [0.3, 0.4) is 0 Å². The molecule has 2 rings (SSSR count). The summed E-state index contributed by atoms with van der Waals surface area (Å²) in [7, 11) is 0. The molecule has 4 heteroatoms. The summed E-state index contributed by atoms with van der Waals surface area (Å²) in [6, 6.07) is 1.74. The van der Waals surface area contributed by atoms with E-state index in [1.165, 1.54) is 0 Å². The molecule has 0 aliphatic carbocycles. The summed E-state index contributed by atoms with van der Waals surface area (Å²) < 4.78 is 4.42. The standard InChI is InChI=1S/C5H3N3O/c1-2-6-3-5-4(1)7-9-8-5/h1-3H. The van der Waals surface area contributed by atoms with Crippen LogP contribution in [0.5, 0.6) is 0 Å². The van der Waals surface area contributed by atoms with Crippen LogP contribution in [0.4, 0.5) is 0 Å². The Balaban J connectivity index is 2.95. The van der Waals surface area contributed by atoms with Gasteiger partial charge in [-0.3, -0.25) is 4.98 Å². The Morgan fingerprint density at radius 1 is 1.22 bits per heavy atom. The third-order valence-electron chi connectivity index (χ3n) is 1.06. The van der Waals surface area contributed by atoms with E-state index in [-0.39, 0.29) is 0 Å². The fourth-order valence-corrected chi connectivity index (χ4v) is 0.635. The highest BCUT2D eigenvalue weighted by atomic mass is 16.6. The number of hydrogen-bond acceptors (Lipinski definition) is 4. The first kappa shape index (κ1) is 4.43. The second kappa shape index (κ2) is 1.51. The number of rotatable bonds is 0. The number of hydrogen-bond donors (Lipinski definition) is 0. The number of fused-ring (bicyclic) bond motifs is 1. The quantitative estimate of drug-likeness (QED) is 0.512. The van der Waals surface area contributed by atoms with Crippen molar-refractivity contribution in [2.24, 2.45) is 0 Å². The molecule has 0 aromatic carbocycles. The topological polar surface area (TPSA) is 51.8 Å². The minimum atomic E-state index is 0.692. The summed E-state index contributed by atoms with van der Waals surface area (Å²) in [4.78, 5) is 3.82. The Kier molecular flexibility index (Phi) is 0.745. The first-order chi connectivity index (χ1) is 4.47. The van der Waals surface area contributed by atoms with E-state index in [9.17, 15) is 0 Å². The molecule has 2 aromatic heterocycles. The highest BCUT2D eigenvalue weighted by Crippen LogP contribution is 2.03. The van der Waals surface area contributed by atoms with Gasteiger partial charge in [-0.05, 0) is 16.4 Å². The van der Waals surface area contributed by atoms with E-state index >= 15 is 0 Å². The van der Waals surface area contributed by atoms with E-state index in [2.05, 4.69) is 19.9 Å². The predicted molar refractivity (Wildman–Crippen MR) is 29.6 cm³/mol. The fraction of sp³-hybridized carbons (Fsp3) is 0. The molecule has 0 aliphatic rings. The van der Waals surface area contributed by atoms with Crippen LogP contribution >= 0.6 is 0 Å². The summed E-state index contributed by atoms with van der Waals surface area (Å²) in [5.74, 6) is 0. The average molecular weight is 121 g/mol. The van der Waals surface area contributed by atoms with Gasteiger partial charge in [-0.2, -0.15) is 0 Å². The lowest BCUT2D eigenvalue weighted by Gasteiger charge is -1.75. The van der Waals surface area contributed by atoms with Crippen molar-refractivity contribution in [1.82, 2.24) is 15.3 Å². The molecule has 2 aromatic rings. The van der Waals surface area contributed by atoms with Crippen molar-refractivity contribution in [1.29, 1.82) is 0 Å². The molecule has 0 spiro atoms. The summed E-state index contributed by atoms with van der Waals surface area (Å²) in [5, 5.41) is 7.16. The minimum Gasteiger partial charge on any atom is -0.262 e. The molecule has 0 amide bonds. The van der Waals surface area contributed by atoms with Gasteiger partial charge < -0.3 is 0 Å². The van der Waals surface area contributed by atoms with Crippen molar-refractivity contribution < 1.29 is 4.63 Å². The molecule has 9 heavy (non-hydrogen) atoms. The van der Waals surface area contributed by atoms with Crippen molar-refractivity contribution in [2.45, 2.75) is 0 Å².